The van der Waals surface area contributed by atoms with Crippen LogP contribution in [0.3, 0.4) is 0 Å². The fraction of sp³-hybridized carbons (Fsp3) is 0.500. The number of para-hydroxylation sites is 1. The van der Waals surface area contributed by atoms with E-state index < -0.39 is 18.1 Å². The zero-order valence-electron chi connectivity index (χ0n) is 51.4. The van der Waals surface area contributed by atoms with E-state index in [0.717, 1.165) is 135 Å². The van der Waals surface area contributed by atoms with Gasteiger partial charge >= 0.3 is 0 Å². The predicted molar refractivity (Wildman–Crippen MR) is 343 cm³/mol. The minimum absolute atomic E-state index is 0.00793. The van der Waals surface area contributed by atoms with Gasteiger partial charge in [0.15, 0.2) is 5.82 Å². The van der Waals surface area contributed by atoms with Crippen LogP contribution in [-0.2, 0) is 20.9 Å². The lowest BCUT2D eigenvalue weighted by atomic mass is 9.94. The maximum Gasteiger partial charge on any atom is 0.255 e. The van der Waals surface area contributed by atoms with Crippen LogP contribution in [0, 0.1) is 18.8 Å². The molecule has 20 heteroatoms. The van der Waals surface area contributed by atoms with Gasteiger partial charge in [0.05, 0.1) is 46.0 Å². The van der Waals surface area contributed by atoms with E-state index in [4.69, 9.17) is 10.5 Å². The van der Waals surface area contributed by atoms with Crippen molar-refractivity contribution in [3.05, 3.63) is 125 Å². The van der Waals surface area contributed by atoms with Crippen LogP contribution in [0.4, 0.5) is 17.2 Å². The lowest BCUT2D eigenvalue weighted by molar-refractivity contribution is -0.143. The fourth-order valence-electron chi connectivity index (χ4n) is 13.6. The number of aromatic nitrogens is 4. The summed E-state index contributed by atoms with van der Waals surface area (Å²) in [6, 6.07) is 27.1. The van der Waals surface area contributed by atoms with Gasteiger partial charge in [-0.2, -0.15) is 0 Å². The number of nitrogen functional groups attached to an aromatic ring is 1. The first-order valence-electron chi connectivity index (χ1n) is 31.9. The number of aryl methyl sites for hydroxylation is 1. The molecule has 6 aromatic rings. The molecule has 3 aromatic heterocycles. The second kappa shape index (κ2) is 28.2. The molecule has 6 aliphatic rings. The van der Waals surface area contributed by atoms with Crippen molar-refractivity contribution in [3.63, 3.8) is 0 Å². The van der Waals surface area contributed by atoms with Crippen LogP contribution in [0.5, 0.6) is 11.6 Å². The molecule has 0 radical (unpaired) electrons. The number of nitrogens with two attached hydrogens (primary N) is 1. The first-order chi connectivity index (χ1) is 42.7. The molecule has 4 unspecified atom stereocenters. The molecule has 8 heterocycles. The minimum atomic E-state index is -0.692. The number of hydrogen-bond acceptors (Lipinski definition) is 16. The molecule has 466 valence electrons. The normalized spacial score (nSPS) is 20.1. The number of phenols is 1. The largest absolute Gasteiger partial charge is 0.507 e. The second-order valence-corrected chi connectivity index (χ2v) is 26.0. The number of pyridine rings is 1. The fourth-order valence-corrected chi connectivity index (χ4v) is 14.4. The molecule has 5 fully saturated rings. The standard InChI is InChI=1S/C42H54N6O5S.C26H32N6O2/c1-27(2)38(48-25-32-7-4-5-8-34(32)41(48)52)42(53)47-18-6-9-36(47)40(51)44-35(30-10-12-31(13-11-30)39-28(3)43-26-54-39)23-37(50)46-21-14-29(15-22-46)24-45-19-16-33(49)17-20-45;1-2-6-19-17-31(23-16-22(29-30-26(23)27)21-9-3-4-10-24(21)33)13-14-32(19)18-11-12-28-25(15-18)34-20-7-5-8-20/h4-5,7-8,10-13,26-27,29,33,35-36,38,49H,6,9,14-25H2,1-3H3,(H,44,51);3-4,9-12,15-16,19-20,33H,2,5-8,13-14,17H2,1H3,(H2,27,30). The molecule has 12 rings (SSSR count). The number of thiazole rings is 1. The number of anilines is 3. The van der Waals surface area contributed by atoms with E-state index >= 15 is 0 Å². The van der Waals surface area contributed by atoms with Gasteiger partial charge in [0, 0.05) is 101 Å². The molecule has 19 nitrogen and oxygen atoms in total. The number of carbonyl (C=O) groups excluding carboxylic acids is 4. The first kappa shape index (κ1) is 61.9. The Morgan fingerprint density at radius 3 is 2.27 bits per heavy atom. The molecule has 0 bridgehead atoms. The van der Waals surface area contributed by atoms with Crippen molar-refractivity contribution in [2.24, 2.45) is 11.8 Å². The number of piperazine rings is 1. The molecule has 5 aliphatic heterocycles. The van der Waals surface area contributed by atoms with Crippen LogP contribution in [0.15, 0.2) is 103 Å². The van der Waals surface area contributed by atoms with E-state index in [1.54, 1.807) is 33.3 Å². The van der Waals surface area contributed by atoms with Gasteiger partial charge in [0.2, 0.25) is 23.6 Å². The highest BCUT2D eigenvalue weighted by atomic mass is 32.1. The SMILES string of the molecule is CCCC1CN(c2cc(-c3ccccc3O)nnc2N)CCN1c1ccnc(OC2CCC2)c1.Cc1ncsc1-c1ccc(C(CC(=O)N2CCC(CN3CCC(O)CC3)CC2)NC(=O)C2CCCN2C(=O)C(C(C)C)N2Cc3ccccc3C2=O)cc1. The molecule has 3 aromatic carbocycles. The molecule has 5 N–H and O–H groups in total. The number of aromatic hydroxyl groups is 1. The highest BCUT2D eigenvalue weighted by Gasteiger charge is 2.44. The Labute approximate surface area is 521 Å². The smallest absolute Gasteiger partial charge is 0.255 e. The quantitative estimate of drug-likeness (QED) is 0.0629. The lowest BCUT2D eigenvalue weighted by Crippen LogP contribution is -2.55. The first-order valence-corrected chi connectivity index (χ1v) is 32.8. The highest BCUT2D eigenvalue weighted by molar-refractivity contribution is 7.13. The second-order valence-electron chi connectivity index (χ2n) is 25.1. The maximum atomic E-state index is 14.3. The molecular weight excluding hydrogens is 1130 g/mol. The summed E-state index contributed by atoms with van der Waals surface area (Å²) in [7, 11) is 0. The van der Waals surface area contributed by atoms with Crippen LogP contribution in [0.25, 0.3) is 21.7 Å². The number of aliphatic hydroxyl groups excluding tert-OH is 1. The molecular formula is C68H86N12O7S. The summed E-state index contributed by atoms with van der Waals surface area (Å²) in [5.74, 6) is 1.05. The Morgan fingerprint density at radius 2 is 1.58 bits per heavy atom. The third kappa shape index (κ3) is 14.2. The summed E-state index contributed by atoms with van der Waals surface area (Å²) in [4.78, 5) is 78.4. The number of hydrogen-bond donors (Lipinski definition) is 4. The van der Waals surface area contributed by atoms with Crippen molar-refractivity contribution < 1.29 is 34.1 Å². The number of aliphatic hydroxyl groups is 1. The molecule has 4 amide bonds. The Balaban J connectivity index is 0.000000202. The van der Waals surface area contributed by atoms with Gasteiger partial charge in [-0.05, 0) is 130 Å². The van der Waals surface area contributed by atoms with Gasteiger partial charge in [-0.25, -0.2) is 9.97 Å². The van der Waals surface area contributed by atoms with Crippen molar-refractivity contribution in [1.82, 2.24) is 45.1 Å². The van der Waals surface area contributed by atoms with Crippen molar-refractivity contribution >= 4 is 52.2 Å². The van der Waals surface area contributed by atoms with Gasteiger partial charge in [0.25, 0.3) is 5.91 Å². The van der Waals surface area contributed by atoms with Gasteiger partial charge < -0.3 is 55.4 Å². The van der Waals surface area contributed by atoms with Crippen LogP contribution in [0.2, 0.25) is 0 Å². The summed E-state index contributed by atoms with van der Waals surface area (Å²) < 4.78 is 6.05. The summed E-state index contributed by atoms with van der Waals surface area (Å²) in [5, 5.41) is 31.8. The van der Waals surface area contributed by atoms with E-state index in [0.29, 0.717) is 79.7 Å². The Kier molecular flexibility index (Phi) is 19.9. The number of ether oxygens (including phenoxy) is 1. The average Bonchev–Trinajstić information content (AvgIpc) is 4.24. The van der Waals surface area contributed by atoms with Crippen LogP contribution in [0.1, 0.15) is 131 Å². The van der Waals surface area contributed by atoms with E-state index in [9.17, 15) is 29.4 Å². The number of fused-ring (bicyclic) bond motifs is 1. The number of nitrogens with zero attached hydrogens (tertiary/aromatic N) is 10. The van der Waals surface area contributed by atoms with Crippen molar-refractivity contribution in [2.45, 2.75) is 148 Å². The zero-order valence-corrected chi connectivity index (χ0v) is 52.2. The number of benzene rings is 3. The van der Waals surface area contributed by atoms with E-state index in [2.05, 4.69) is 59.2 Å². The maximum absolute atomic E-state index is 14.3. The molecule has 4 saturated heterocycles. The van der Waals surface area contributed by atoms with Gasteiger partial charge in [0.1, 0.15) is 23.9 Å². The summed E-state index contributed by atoms with van der Waals surface area (Å²) in [5.41, 5.74) is 15.7. The van der Waals surface area contributed by atoms with Gasteiger partial charge in [-0.1, -0.05) is 81.8 Å². The molecule has 88 heavy (non-hydrogen) atoms. The van der Waals surface area contributed by atoms with Crippen molar-refractivity contribution in [2.75, 3.05) is 74.4 Å². The van der Waals surface area contributed by atoms with E-state index in [1.807, 2.05) is 104 Å². The number of piperidine rings is 2. The van der Waals surface area contributed by atoms with Crippen LogP contribution in [-0.4, -0.2) is 163 Å². The summed E-state index contributed by atoms with van der Waals surface area (Å²) in [6.07, 6.45) is 12.4. The van der Waals surface area contributed by atoms with Crippen molar-refractivity contribution in [1.29, 1.82) is 0 Å². The van der Waals surface area contributed by atoms with Gasteiger partial charge in [-0.15, -0.1) is 21.5 Å². The third-order valence-corrected chi connectivity index (χ3v) is 19.8. The number of likely N-dealkylation sites (tertiary alicyclic amines) is 3. The van der Waals surface area contributed by atoms with E-state index in [-0.39, 0.29) is 47.8 Å². The van der Waals surface area contributed by atoms with Gasteiger partial charge in [-0.3, -0.25) is 19.2 Å². The Morgan fingerprint density at radius 1 is 0.830 bits per heavy atom. The van der Waals surface area contributed by atoms with Crippen molar-refractivity contribution in [3.8, 4) is 33.3 Å². The molecule has 0 spiro atoms. The monoisotopic (exact) mass is 1210 g/mol. The third-order valence-electron chi connectivity index (χ3n) is 18.8. The minimum Gasteiger partial charge on any atom is -0.507 e. The Hall–Kier alpha value is -7.68. The molecule has 4 atom stereocenters. The Bertz CT molecular complexity index is 3380. The van der Waals surface area contributed by atoms with Crippen LogP contribution >= 0.6 is 11.3 Å². The average molecular weight is 1220 g/mol. The zero-order chi connectivity index (χ0) is 61.4. The number of carbonyl (C=O) groups is 4. The number of nitrogens with one attached hydrogen (secondary N) is 1. The topological polar surface area (TPSA) is 227 Å². The summed E-state index contributed by atoms with van der Waals surface area (Å²) >= 11 is 1.58. The number of amides is 4. The summed E-state index contributed by atoms with van der Waals surface area (Å²) in [6.45, 7) is 15.6. The number of rotatable bonds is 18. The predicted octanol–water partition coefficient (Wildman–Crippen LogP) is 9.29. The molecule has 1 aliphatic carbocycles. The van der Waals surface area contributed by atoms with E-state index in [1.165, 1.54) is 6.42 Å². The number of phenolic OH excluding ortho intramolecular Hbond substituents is 1. The van der Waals surface area contributed by atoms with Crippen LogP contribution < -0.4 is 25.6 Å². The highest BCUT2D eigenvalue weighted by Crippen LogP contribution is 2.37. The lowest BCUT2D eigenvalue weighted by Gasteiger charge is -2.44. The molecule has 1 saturated carbocycles.